The predicted octanol–water partition coefficient (Wildman–Crippen LogP) is 2.44. The van der Waals surface area contributed by atoms with Gasteiger partial charge in [-0.15, -0.1) is 0 Å². The Morgan fingerprint density at radius 3 is 2.53 bits per heavy atom. The SMILES string of the molecule is C=C1CCN(Cc2c(C)noc2C)CC1. The van der Waals surface area contributed by atoms with Gasteiger partial charge in [0.2, 0.25) is 0 Å². The Balaban J connectivity index is 2.00. The van der Waals surface area contributed by atoms with Crippen LogP contribution in [0.1, 0.15) is 29.9 Å². The van der Waals surface area contributed by atoms with Crippen LogP contribution in [0, 0.1) is 13.8 Å². The van der Waals surface area contributed by atoms with Gasteiger partial charge in [-0.2, -0.15) is 0 Å². The molecular weight excluding hydrogens is 188 g/mol. The van der Waals surface area contributed by atoms with Crippen molar-refractivity contribution in [1.82, 2.24) is 10.1 Å². The van der Waals surface area contributed by atoms with Crippen LogP contribution in [0.4, 0.5) is 0 Å². The van der Waals surface area contributed by atoms with Crippen LogP contribution in [-0.4, -0.2) is 23.1 Å². The third-order valence-electron chi connectivity index (χ3n) is 3.13. The van der Waals surface area contributed by atoms with Gasteiger partial charge in [0, 0.05) is 25.2 Å². The molecule has 1 aromatic rings. The molecule has 0 unspecified atom stereocenters. The van der Waals surface area contributed by atoms with Crippen LogP contribution in [0.15, 0.2) is 16.7 Å². The zero-order valence-electron chi connectivity index (χ0n) is 9.55. The number of hydrogen-bond acceptors (Lipinski definition) is 3. The molecule has 2 heterocycles. The normalized spacial score (nSPS) is 18.4. The Kier molecular flexibility index (Phi) is 2.91. The summed E-state index contributed by atoms with van der Waals surface area (Å²) >= 11 is 0. The van der Waals surface area contributed by atoms with E-state index in [-0.39, 0.29) is 0 Å². The van der Waals surface area contributed by atoms with E-state index < -0.39 is 0 Å². The standard InChI is InChI=1S/C12H18N2O/c1-9-4-6-14(7-5-9)8-12-10(2)13-15-11(12)3/h1,4-8H2,2-3H3. The smallest absolute Gasteiger partial charge is 0.138 e. The Bertz CT molecular complexity index is 338. The molecule has 0 aliphatic carbocycles. The highest BCUT2D eigenvalue weighted by Gasteiger charge is 2.16. The minimum atomic E-state index is 0.955. The second kappa shape index (κ2) is 4.19. The zero-order valence-corrected chi connectivity index (χ0v) is 9.55. The summed E-state index contributed by atoms with van der Waals surface area (Å²) < 4.78 is 5.16. The van der Waals surface area contributed by atoms with E-state index >= 15 is 0 Å². The average molecular weight is 206 g/mol. The van der Waals surface area contributed by atoms with Gasteiger partial charge in [-0.3, -0.25) is 4.90 Å². The largest absolute Gasteiger partial charge is 0.361 e. The zero-order chi connectivity index (χ0) is 10.8. The maximum Gasteiger partial charge on any atom is 0.138 e. The van der Waals surface area contributed by atoms with Crippen molar-refractivity contribution >= 4 is 0 Å². The van der Waals surface area contributed by atoms with Crippen LogP contribution in [0.3, 0.4) is 0 Å². The molecule has 82 valence electrons. The van der Waals surface area contributed by atoms with Crippen LogP contribution in [0.2, 0.25) is 0 Å². The number of piperidine rings is 1. The average Bonchev–Trinajstić information content (AvgIpc) is 2.53. The Morgan fingerprint density at radius 1 is 1.33 bits per heavy atom. The minimum Gasteiger partial charge on any atom is -0.361 e. The van der Waals surface area contributed by atoms with Gasteiger partial charge in [0.1, 0.15) is 5.76 Å². The Morgan fingerprint density at radius 2 is 2.00 bits per heavy atom. The number of hydrogen-bond donors (Lipinski definition) is 0. The first-order chi connectivity index (χ1) is 7.16. The van der Waals surface area contributed by atoms with Gasteiger partial charge >= 0.3 is 0 Å². The molecule has 3 nitrogen and oxygen atoms in total. The summed E-state index contributed by atoms with van der Waals surface area (Å²) in [5, 5.41) is 3.98. The van der Waals surface area contributed by atoms with E-state index in [1.54, 1.807) is 0 Å². The molecule has 1 fully saturated rings. The van der Waals surface area contributed by atoms with Crippen molar-refractivity contribution < 1.29 is 4.52 Å². The van der Waals surface area contributed by atoms with Crippen LogP contribution in [0.25, 0.3) is 0 Å². The van der Waals surface area contributed by atoms with E-state index in [2.05, 4.69) is 16.6 Å². The highest BCUT2D eigenvalue weighted by molar-refractivity contribution is 5.20. The highest BCUT2D eigenvalue weighted by Crippen LogP contribution is 2.19. The lowest BCUT2D eigenvalue weighted by Crippen LogP contribution is -2.30. The van der Waals surface area contributed by atoms with E-state index in [1.165, 1.54) is 11.1 Å². The first-order valence-electron chi connectivity index (χ1n) is 5.47. The molecular formula is C12H18N2O. The maximum absolute atomic E-state index is 5.16. The summed E-state index contributed by atoms with van der Waals surface area (Å²) in [6.45, 7) is 11.2. The fraction of sp³-hybridized carbons (Fsp3) is 0.583. The van der Waals surface area contributed by atoms with Gasteiger partial charge in [0.15, 0.2) is 0 Å². The summed E-state index contributed by atoms with van der Waals surface area (Å²) in [7, 11) is 0. The summed E-state index contributed by atoms with van der Waals surface area (Å²) in [4.78, 5) is 2.45. The van der Waals surface area contributed by atoms with Crippen molar-refractivity contribution in [2.24, 2.45) is 0 Å². The second-order valence-corrected chi connectivity index (χ2v) is 4.33. The molecule has 2 rings (SSSR count). The van der Waals surface area contributed by atoms with Gasteiger partial charge in [-0.05, 0) is 26.7 Å². The van der Waals surface area contributed by atoms with Crippen LogP contribution in [-0.2, 0) is 6.54 Å². The van der Waals surface area contributed by atoms with Crippen LogP contribution in [0.5, 0.6) is 0 Å². The molecule has 1 saturated heterocycles. The molecule has 1 aromatic heterocycles. The third kappa shape index (κ3) is 2.29. The monoisotopic (exact) mass is 206 g/mol. The molecule has 0 N–H and O–H groups in total. The van der Waals surface area contributed by atoms with E-state index in [4.69, 9.17) is 4.52 Å². The minimum absolute atomic E-state index is 0.955. The summed E-state index contributed by atoms with van der Waals surface area (Å²) in [6, 6.07) is 0. The van der Waals surface area contributed by atoms with Crippen molar-refractivity contribution in [2.75, 3.05) is 13.1 Å². The molecule has 1 aliphatic heterocycles. The van der Waals surface area contributed by atoms with E-state index in [1.807, 2.05) is 13.8 Å². The van der Waals surface area contributed by atoms with E-state index in [0.717, 1.165) is 43.9 Å². The van der Waals surface area contributed by atoms with Crippen molar-refractivity contribution in [2.45, 2.75) is 33.2 Å². The topological polar surface area (TPSA) is 29.3 Å². The molecule has 0 aromatic carbocycles. The Hall–Kier alpha value is -1.09. The van der Waals surface area contributed by atoms with E-state index in [9.17, 15) is 0 Å². The van der Waals surface area contributed by atoms with Crippen molar-refractivity contribution in [3.63, 3.8) is 0 Å². The van der Waals surface area contributed by atoms with Gasteiger partial charge in [-0.25, -0.2) is 0 Å². The molecule has 0 amide bonds. The van der Waals surface area contributed by atoms with Gasteiger partial charge in [-0.1, -0.05) is 17.3 Å². The van der Waals surface area contributed by atoms with Gasteiger partial charge in [0.05, 0.1) is 5.69 Å². The summed E-state index contributed by atoms with van der Waals surface area (Å²) in [5.41, 5.74) is 3.66. The lowest BCUT2D eigenvalue weighted by atomic mass is 10.1. The Labute approximate surface area is 90.7 Å². The fourth-order valence-corrected chi connectivity index (χ4v) is 1.98. The van der Waals surface area contributed by atoms with Crippen LogP contribution < -0.4 is 0 Å². The first kappa shape index (κ1) is 10.4. The van der Waals surface area contributed by atoms with Crippen molar-refractivity contribution in [3.05, 3.63) is 29.2 Å². The molecule has 0 saturated carbocycles. The molecule has 0 spiro atoms. The second-order valence-electron chi connectivity index (χ2n) is 4.33. The summed E-state index contributed by atoms with van der Waals surface area (Å²) in [6.07, 6.45) is 2.26. The van der Waals surface area contributed by atoms with Crippen molar-refractivity contribution in [1.29, 1.82) is 0 Å². The van der Waals surface area contributed by atoms with Gasteiger partial charge < -0.3 is 4.52 Å². The molecule has 1 aliphatic rings. The van der Waals surface area contributed by atoms with Gasteiger partial charge in [0.25, 0.3) is 0 Å². The first-order valence-corrected chi connectivity index (χ1v) is 5.47. The van der Waals surface area contributed by atoms with Crippen molar-refractivity contribution in [3.8, 4) is 0 Å². The quantitative estimate of drug-likeness (QED) is 0.696. The lowest BCUT2D eigenvalue weighted by molar-refractivity contribution is 0.246. The number of rotatable bonds is 2. The molecule has 0 bridgehead atoms. The highest BCUT2D eigenvalue weighted by atomic mass is 16.5. The van der Waals surface area contributed by atoms with E-state index in [0.29, 0.717) is 0 Å². The number of aryl methyl sites for hydroxylation is 2. The lowest BCUT2D eigenvalue weighted by Gasteiger charge is -2.27. The molecule has 0 atom stereocenters. The number of aromatic nitrogens is 1. The third-order valence-corrected chi connectivity index (χ3v) is 3.13. The van der Waals surface area contributed by atoms with Crippen LogP contribution >= 0.6 is 0 Å². The maximum atomic E-state index is 5.16. The fourth-order valence-electron chi connectivity index (χ4n) is 1.98. The molecule has 3 heteroatoms. The predicted molar refractivity (Wildman–Crippen MR) is 59.6 cm³/mol. The molecule has 15 heavy (non-hydrogen) atoms. The summed E-state index contributed by atoms with van der Waals surface area (Å²) in [5.74, 6) is 0.955. The molecule has 0 radical (unpaired) electrons. The number of likely N-dealkylation sites (tertiary alicyclic amines) is 1. The number of nitrogens with zero attached hydrogens (tertiary/aromatic N) is 2.